The van der Waals surface area contributed by atoms with Gasteiger partial charge in [0.1, 0.15) is 23.0 Å². The van der Waals surface area contributed by atoms with Gasteiger partial charge in [0.2, 0.25) is 11.7 Å². The van der Waals surface area contributed by atoms with Gasteiger partial charge in [0.05, 0.1) is 18.4 Å². The van der Waals surface area contributed by atoms with Gasteiger partial charge in [-0.1, -0.05) is 15.9 Å². The van der Waals surface area contributed by atoms with E-state index >= 15 is 0 Å². The van der Waals surface area contributed by atoms with Crippen LogP contribution in [0.5, 0.6) is 5.88 Å². The SMILES string of the molecule is Cc1c(C(=O)c2oc3cc(Br)ccc3c2C)c(O)n(Cc2ccco2)c(=O)c1C#N. The molecule has 1 aromatic carbocycles. The molecule has 0 aliphatic heterocycles. The number of nitrogens with zero attached hydrogens (tertiary/aromatic N) is 2. The number of carbonyl (C=O) groups is 1. The lowest BCUT2D eigenvalue weighted by molar-refractivity contribution is 0.100. The molecule has 0 saturated heterocycles. The number of furan rings is 2. The molecule has 0 aliphatic carbocycles. The molecule has 0 fully saturated rings. The maximum atomic E-state index is 13.4. The van der Waals surface area contributed by atoms with Gasteiger partial charge >= 0.3 is 0 Å². The van der Waals surface area contributed by atoms with Crippen molar-refractivity contribution in [2.24, 2.45) is 0 Å². The molecule has 150 valence electrons. The van der Waals surface area contributed by atoms with Gasteiger partial charge in [-0.3, -0.25) is 14.2 Å². The molecule has 1 N–H and O–H groups in total. The molecule has 30 heavy (non-hydrogen) atoms. The number of pyridine rings is 1. The quantitative estimate of drug-likeness (QED) is 0.445. The van der Waals surface area contributed by atoms with E-state index in [4.69, 9.17) is 8.83 Å². The lowest BCUT2D eigenvalue weighted by Gasteiger charge is -2.14. The molecule has 0 spiro atoms. The molecular formula is C22H15BrN2O5. The fourth-order valence-corrected chi connectivity index (χ4v) is 3.80. The number of aromatic nitrogens is 1. The molecule has 7 nitrogen and oxygen atoms in total. The highest BCUT2D eigenvalue weighted by molar-refractivity contribution is 9.10. The lowest BCUT2D eigenvalue weighted by Crippen LogP contribution is -2.27. The van der Waals surface area contributed by atoms with Crippen molar-refractivity contribution in [3.63, 3.8) is 0 Å². The van der Waals surface area contributed by atoms with Gasteiger partial charge < -0.3 is 13.9 Å². The average Bonchev–Trinajstić information content (AvgIpc) is 3.33. The minimum absolute atomic E-state index is 0.0357. The number of benzene rings is 1. The first-order valence-corrected chi connectivity index (χ1v) is 9.75. The Morgan fingerprint density at radius 1 is 1.27 bits per heavy atom. The summed E-state index contributed by atoms with van der Waals surface area (Å²) in [5.74, 6) is -0.727. The Hall–Kier alpha value is -3.57. The van der Waals surface area contributed by atoms with Crippen LogP contribution in [0.3, 0.4) is 0 Å². The van der Waals surface area contributed by atoms with Crippen LogP contribution in [0.25, 0.3) is 11.0 Å². The van der Waals surface area contributed by atoms with Gasteiger partial charge in [-0.25, -0.2) is 0 Å². The van der Waals surface area contributed by atoms with Crippen LogP contribution in [0, 0.1) is 25.2 Å². The van der Waals surface area contributed by atoms with Gasteiger partial charge in [-0.2, -0.15) is 5.26 Å². The van der Waals surface area contributed by atoms with Gasteiger partial charge in [0.15, 0.2) is 5.76 Å². The standard InChI is InChI=1S/C22H15BrN2O5/c1-11-16(9-24)21(27)25(10-14-4-3-7-29-14)22(28)18(11)19(26)20-12(2)15-6-5-13(23)8-17(15)30-20/h3-8,28H,10H2,1-2H3. The number of hydrogen-bond acceptors (Lipinski definition) is 6. The molecule has 8 heteroatoms. The van der Waals surface area contributed by atoms with E-state index in [1.165, 1.54) is 13.2 Å². The maximum absolute atomic E-state index is 13.4. The first kappa shape index (κ1) is 19.7. The fourth-order valence-electron chi connectivity index (χ4n) is 3.46. The van der Waals surface area contributed by atoms with E-state index in [-0.39, 0.29) is 29.0 Å². The number of fused-ring (bicyclic) bond motifs is 1. The van der Waals surface area contributed by atoms with Crippen LogP contribution in [0.1, 0.15) is 38.6 Å². The Morgan fingerprint density at radius 2 is 2.03 bits per heavy atom. The largest absolute Gasteiger partial charge is 0.494 e. The number of rotatable bonds is 4. The molecule has 0 radical (unpaired) electrons. The smallest absolute Gasteiger partial charge is 0.271 e. The number of nitriles is 1. The van der Waals surface area contributed by atoms with Crippen molar-refractivity contribution in [1.29, 1.82) is 5.26 Å². The zero-order valence-corrected chi connectivity index (χ0v) is 17.6. The predicted octanol–water partition coefficient (Wildman–Crippen LogP) is 4.42. The van der Waals surface area contributed by atoms with Crippen LogP contribution in [0.2, 0.25) is 0 Å². The van der Waals surface area contributed by atoms with Crippen molar-refractivity contribution in [3.8, 4) is 11.9 Å². The van der Waals surface area contributed by atoms with Gasteiger partial charge in [-0.15, -0.1) is 0 Å². The Kier molecular flexibility index (Phi) is 4.84. The van der Waals surface area contributed by atoms with E-state index in [0.29, 0.717) is 16.9 Å². The van der Waals surface area contributed by atoms with Crippen molar-refractivity contribution in [2.45, 2.75) is 20.4 Å². The van der Waals surface area contributed by atoms with Crippen LogP contribution in [-0.2, 0) is 6.54 Å². The predicted molar refractivity (Wildman–Crippen MR) is 112 cm³/mol. The zero-order chi connectivity index (χ0) is 21.6. The molecule has 3 heterocycles. The lowest BCUT2D eigenvalue weighted by atomic mass is 9.98. The molecule has 3 aromatic heterocycles. The van der Waals surface area contributed by atoms with Crippen LogP contribution in [-0.4, -0.2) is 15.5 Å². The van der Waals surface area contributed by atoms with Crippen LogP contribution in [0.15, 0.2) is 54.7 Å². The summed E-state index contributed by atoms with van der Waals surface area (Å²) in [5, 5.41) is 21.1. The van der Waals surface area contributed by atoms with Gasteiger partial charge in [0.25, 0.3) is 5.56 Å². The zero-order valence-electron chi connectivity index (χ0n) is 16.0. The summed E-state index contributed by atoms with van der Waals surface area (Å²) in [6, 6.07) is 10.5. The average molecular weight is 467 g/mol. The second-order valence-electron chi connectivity index (χ2n) is 6.81. The second kappa shape index (κ2) is 7.35. The van der Waals surface area contributed by atoms with Crippen LogP contribution in [0.4, 0.5) is 0 Å². The fraction of sp³-hybridized carbons (Fsp3) is 0.136. The Balaban J connectivity index is 1.94. The number of aromatic hydroxyl groups is 1. The third-order valence-corrected chi connectivity index (χ3v) is 5.52. The van der Waals surface area contributed by atoms with Crippen LogP contribution < -0.4 is 5.56 Å². The van der Waals surface area contributed by atoms with E-state index in [1.54, 1.807) is 25.1 Å². The highest BCUT2D eigenvalue weighted by atomic mass is 79.9. The van der Waals surface area contributed by atoms with Crippen molar-refractivity contribution >= 4 is 32.7 Å². The third-order valence-electron chi connectivity index (χ3n) is 5.03. The number of hydrogen-bond donors (Lipinski definition) is 1. The van der Waals surface area contributed by atoms with Gasteiger partial charge in [-0.05, 0) is 49.7 Å². The number of halogens is 1. The summed E-state index contributed by atoms with van der Waals surface area (Å²) in [4.78, 5) is 26.1. The van der Waals surface area contributed by atoms with E-state index in [9.17, 15) is 20.0 Å². The molecule has 0 bridgehead atoms. The van der Waals surface area contributed by atoms with Gasteiger partial charge in [0, 0.05) is 15.4 Å². The first-order chi connectivity index (χ1) is 14.3. The topological polar surface area (TPSA) is 109 Å². The molecule has 4 aromatic rings. The Bertz CT molecular complexity index is 1400. The summed E-state index contributed by atoms with van der Waals surface area (Å²) in [6.45, 7) is 3.07. The number of aryl methyl sites for hydroxylation is 1. The highest BCUT2D eigenvalue weighted by Gasteiger charge is 2.29. The minimum Gasteiger partial charge on any atom is -0.494 e. The molecule has 0 aliphatic rings. The molecule has 0 amide bonds. The molecule has 0 unspecified atom stereocenters. The van der Waals surface area contributed by atoms with E-state index in [1.807, 2.05) is 18.2 Å². The third kappa shape index (κ3) is 3.04. The van der Waals surface area contributed by atoms with E-state index in [0.717, 1.165) is 14.4 Å². The highest BCUT2D eigenvalue weighted by Crippen LogP contribution is 2.32. The Morgan fingerprint density at radius 3 is 2.70 bits per heavy atom. The van der Waals surface area contributed by atoms with Crippen molar-refractivity contribution < 1.29 is 18.7 Å². The Labute approximate surface area is 178 Å². The van der Waals surface area contributed by atoms with Crippen molar-refractivity contribution in [2.75, 3.05) is 0 Å². The molecule has 4 rings (SSSR count). The van der Waals surface area contributed by atoms with Crippen molar-refractivity contribution in [3.05, 3.63) is 85.2 Å². The second-order valence-corrected chi connectivity index (χ2v) is 7.72. The monoisotopic (exact) mass is 466 g/mol. The first-order valence-electron chi connectivity index (χ1n) is 8.95. The molecule has 0 saturated carbocycles. The number of carbonyl (C=O) groups excluding carboxylic acids is 1. The van der Waals surface area contributed by atoms with Crippen LogP contribution >= 0.6 is 15.9 Å². The van der Waals surface area contributed by atoms with Crippen molar-refractivity contribution in [1.82, 2.24) is 4.57 Å². The summed E-state index contributed by atoms with van der Waals surface area (Å²) < 4.78 is 12.8. The molecule has 0 atom stereocenters. The summed E-state index contributed by atoms with van der Waals surface area (Å²) in [5.41, 5.74) is 0.126. The summed E-state index contributed by atoms with van der Waals surface area (Å²) >= 11 is 3.37. The van der Waals surface area contributed by atoms with E-state index in [2.05, 4.69) is 15.9 Å². The normalized spacial score (nSPS) is 11.0. The maximum Gasteiger partial charge on any atom is 0.271 e. The minimum atomic E-state index is -0.703. The summed E-state index contributed by atoms with van der Waals surface area (Å²) in [7, 11) is 0. The van der Waals surface area contributed by atoms with E-state index < -0.39 is 17.2 Å². The summed E-state index contributed by atoms with van der Waals surface area (Å²) in [6.07, 6.45) is 1.43. The molecular weight excluding hydrogens is 452 g/mol. The number of ketones is 1.